The zero-order chi connectivity index (χ0) is 21.6. The molecule has 2 aromatic rings. The first kappa shape index (κ1) is 22.2. The van der Waals surface area contributed by atoms with Crippen molar-refractivity contribution in [3.63, 3.8) is 0 Å². The van der Waals surface area contributed by atoms with E-state index in [1.807, 2.05) is 0 Å². The first-order valence-corrected chi connectivity index (χ1v) is 11.6. The van der Waals surface area contributed by atoms with Gasteiger partial charge in [-0.2, -0.15) is 9.29 Å². The maximum Gasteiger partial charge on any atom is 0.251 e. The Labute approximate surface area is 176 Å². The summed E-state index contributed by atoms with van der Waals surface area (Å²) in [6.45, 7) is 3.12. The number of ether oxygens (including phenoxy) is 1. The molecule has 1 aliphatic rings. The minimum Gasteiger partial charge on any atom is -0.495 e. The van der Waals surface area contributed by atoms with Crippen LogP contribution >= 0.6 is 0 Å². The van der Waals surface area contributed by atoms with Gasteiger partial charge < -0.3 is 14.6 Å². The first-order chi connectivity index (χ1) is 14.4. The number of methoxy groups -OCH3 is 1. The SMILES string of the molecule is COc1ccc(C(=O)NCCCc2nc(C)no2)cc1S(=O)(=O)N1CCCCCC1. The molecule has 1 aromatic heterocycles. The second-order valence-corrected chi connectivity index (χ2v) is 9.19. The first-order valence-electron chi connectivity index (χ1n) is 10.2. The van der Waals surface area contributed by atoms with Crippen LogP contribution in [-0.4, -0.2) is 55.5 Å². The molecule has 3 rings (SSSR count). The molecule has 1 aliphatic heterocycles. The highest BCUT2D eigenvalue weighted by Crippen LogP contribution is 2.29. The molecule has 9 nitrogen and oxygen atoms in total. The zero-order valence-corrected chi connectivity index (χ0v) is 18.2. The molecular formula is C20H28N4O5S. The van der Waals surface area contributed by atoms with Crippen LogP contribution in [0.1, 0.15) is 54.2 Å². The number of carbonyl (C=O) groups excluding carboxylic acids is 1. The number of aromatic nitrogens is 2. The van der Waals surface area contributed by atoms with Crippen LogP contribution in [0.4, 0.5) is 0 Å². The van der Waals surface area contributed by atoms with Crippen molar-refractivity contribution < 1.29 is 22.5 Å². The molecule has 0 unspecified atom stereocenters. The van der Waals surface area contributed by atoms with E-state index in [1.165, 1.54) is 23.5 Å². The summed E-state index contributed by atoms with van der Waals surface area (Å²) in [6, 6.07) is 4.49. The number of aryl methyl sites for hydroxylation is 2. The van der Waals surface area contributed by atoms with Crippen molar-refractivity contribution >= 4 is 15.9 Å². The van der Waals surface area contributed by atoms with Crippen molar-refractivity contribution in [3.05, 3.63) is 35.5 Å². The van der Waals surface area contributed by atoms with E-state index in [0.717, 1.165) is 25.7 Å². The molecule has 0 spiro atoms. The topological polar surface area (TPSA) is 115 Å². The van der Waals surface area contributed by atoms with Gasteiger partial charge >= 0.3 is 0 Å². The number of amides is 1. The fourth-order valence-corrected chi connectivity index (χ4v) is 5.12. The fraction of sp³-hybridized carbons (Fsp3) is 0.550. The maximum atomic E-state index is 13.2. The van der Waals surface area contributed by atoms with Gasteiger partial charge in [0.05, 0.1) is 7.11 Å². The summed E-state index contributed by atoms with van der Waals surface area (Å²) in [5, 5.41) is 6.53. The molecule has 0 aliphatic carbocycles. The van der Waals surface area contributed by atoms with Gasteiger partial charge in [0.15, 0.2) is 5.82 Å². The Morgan fingerprint density at radius 2 is 1.97 bits per heavy atom. The lowest BCUT2D eigenvalue weighted by Gasteiger charge is -2.21. The van der Waals surface area contributed by atoms with Crippen LogP contribution < -0.4 is 10.1 Å². The molecule has 1 N–H and O–H groups in total. The third-order valence-electron chi connectivity index (χ3n) is 5.03. The fourth-order valence-electron chi connectivity index (χ4n) is 3.43. The predicted molar refractivity (Wildman–Crippen MR) is 110 cm³/mol. The Kier molecular flexibility index (Phi) is 7.43. The van der Waals surface area contributed by atoms with Gasteiger partial charge in [-0.3, -0.25) is 4.79 Å². The van der Waals surface area contributed by atoms with Crippen molar-refractivity contribution in [1.82, 2.24) is 19.8 Å². The summed E-state index contributed by atoms with van der Waals surface area (Å²) in [5.41, 5.74) is 0.276. The highest BCUT2D eigenvalue weighted by atomic mass is 32.2. The molecule has 0 bridgehead atoms. The average molecular weight is 437 g/mol. The van der Waals surface area contributed by atoms with Gasteiger partial charge in [-0.1, -0.05) is 18.0 Å². The Morgan fingerprint density at radius 3 is 2.60 bits per heavy atom. The van der Waals surface area contributed by atoms with Crippen LogP contribution in [0, 0.1) is 6.92 Å². The molecule has 1 amide bonds. The number of nitrogens with one attached hydrogen (secondary N) is 1. The van der Waals surface area contributed by atoms with Crippen LogP contribution in [0.25, 0.3) is 0 Å². The van der Waals surface area contributed by atoms with Gasteiger partial charge in [0, 0.05) is 31.6 Å². The summed E-state index contributed by atoms with van der Waals surface area (Å²) in [6.07, 6.45) is 4.90. The number of carbonyl (C=O) groups is 1. The molecule has 2 heterocycles. The highest BCUT2D eigenvalue weighted by molar-refractivity contribution is 7.89. The number of hydrogen-bond donors (Lipinski definition) is 1. The summed E-state index contributed by atoms with van der Waals surface area (Å²) in [5.74, 6) is 0.997. The standard InChI is InChI=1S/C20H28N4O5S/c1-15-22-19(29-23-15)8-7-11-21-20(25)16-9-10-17(28-2)18(14-16)30(26,27)24-12-5-3-4-6-13-24/h9-10,14H,3-8,11-13H2,1-2H3,(H,21,25). The molecular weight excluding hydrogens is 408 g/mol. The Bertz CT molecular complexity index is 965. The molecule has 0 saturated carbocycles. The van der Waals surface area contributed by atoms with E-state index >= 15 is 0 Å². The molecule has 164 valence electrons. The van der Waals surface area contributed by atoms with E-state index < -0.39 is 10.0 Å². The van der Waals surface area contributed by atoms with Crippen LogP contribution in [0.2, 0.25) is 0 Å². The summed E-state index contributed by atoms with van der Waals surface area (Å²) in [7, 11) is -2.32. The average Bonchev–Trinajstić information content (AvgIpc) is 2.97. The monoisotopic (exact) mass is 436 g/mol. The normalized spacial score (nSPS) is 15.5. The lowest BCUT2D eigenvalue weighted by atomic mass is 10.2. The number of benzene rings is 1. The Hall–Kier alpha value is -2.46. The van der Waals surface area contributed by atoms with E-state index in [2.05, 4.69) is 15.5 Å². The Morgan fingerprint density at radius 1 is 1.23 bits per heavy atom. The van der Waals surface area contributed by atoms with Crippen molar-refractivity contribution in [2.24, 2.45) is 0 Å². The predicted octanol–water partition coefficient (Wildman–Crippen LogP) is 2.31. The second kappa shape index (κ2) is 10.0. The van der Waals surface area contributed by atoms with Crippen molar-refractivity contribution in [1.29, 1.82) is 0 Å². The van der Waals surface area contributed by atoms with E-state index in [0.29, 0.717) is 44.2 Å². The lowest BCUT2D eigenvalue weighted by Crippen LogP contribution is -2.32. The molecule has 1 saturated heterocycles. The van der Waals surface area contributed by atoms with E-state index in [9.17, 15) is 13.2 Å². The lowest BCUT2D eigenvalue weighted by molar-refractivity contribution is 0.0952. The summed E-state index contributed by atoms with van der Waals surface area (Å²) in [4.78, 5) is 16.7. The third kappa shape index (κ3) is 5.37. The van der Waals surface area contributed by atoms with Crippen LogP contribution in [0.3, 0.4) is 0 Å². The van der Waals surface area contributed by atoms with Crippen molar-refractivity contribution in [2.75, 3.05) is 26.7 Å². The maximum absolute atomic E-state index is 13.2. The number of rotatable bonds is 8. The number of nitrogens with zero attached hydrogens (tertiary/aromatic N) is 3. The van der Waals surface area contributed by atoms with Crippen LogP contribution in [0.15, 0.2) is 27.6 Å². The van der Waals surface area contributed by atoms with Gasteiger partial charge in [-0.05, 0) is 44.4 Å². The molecule has 0 atom stereocenters. The third-order valence-corrected chi connectivity index (χ3v) is 6.95. The minimum atomic E-state index is -3.74. The quantitative estimate of drug-likeness (QED) is 0.632. The zero-order valence-electron chi connectivity index (χ0n) is 17.4. The van der Waals surface area contributed by atoms with Gasteiger partial charge in [0.25, 0.3) is 5.91 Å². The highest BCUT2D eigenvalue weighted by Gasteiger charge is 2.29. The van der Waals surface area contributed by atoms with Crippen molar-refractivity contribution in [3.8, 4) is 5.75 Å². The molecule has 10 heteroatoms. The van der Waals surface area contributed by atoms with Gasteiger partial charge in [0.2, 0.25) is 15.9 Å². The van der Waals surface area contributed by atoms with E-state index in [-0.39, 0.29) is 22.1 Å². The Balaban J connectivity index is 1.69. The van der Waals surface area contributed by atoms with E-state index in [4.69, 9.17) is 9.26 Å². The van der Waals surface area contributed by atoms with Gasteiger partial charge in [-0.15, -0.1) is 0 Å². The molecule has 30 heavy (non-hydrogen) atoms. The van der Waals surface area contributed by atoms with Crippen LogP contribution in [-0.2, 0) is 16.4 Å². The molecule has 1 fully saturated rings. The molecule has 0 radical (unpaired) electrons. The minimum absolute atomic E-state index is 0.0286. The largest absolute Gasteiger partial charge is 0.495 e. The number of sulfonamides is 1. The number of hydrogen-bond acceptors (Lipinski definition) is 7. The summed E-state index contributed by atoms with van der Waals surface area (Å²) >= 11 is 0. The van der Waals surface area contributed by atoms with Crippen molar-refractivity contribution in [2.45, 2.75) is 50.3 Å². The second-order valence-electron chi connectivity index (χ2n) is 7.28. The van der Waals surface area contributed by atoms with E-state index in [1.54, 1.807) is 13.0 Å². The smallest absolute Gasteiger partial charge is 0.251 e. The summed E-state index contributed by atoms with van der Waals surface area (Å²) < 4.78 is 38.2. The van der Waals surface area contributed by atoms with Gasteiger partial charge in [0.1, 0.15) is 10.6 Å². The van der Waals surface area contributed by atoms with Gasteiger partial charge in [-0.25, -0.2) is 8.42 Å². The van der Waals surface area contributed by atoms with Crippen LogP contribution in [0.5, 0.6) is 5.75 Å². The molecule has 1 aromatic carbocycles.